The fourth-order valence-electron chi connectivity index (χ4n) is 1.35. The molecule has 0 bridgehead atoms. The predicted octanol–water partition coefficient (Wildman–Crippen LogP) is 2.11. The Morgan fingerprint density at radius 2 is 2.30 bits per heavy atom. The zero-order chi connectivity index (χ0) is 7.56. The van der Waals surface area contributed by atoms with Crippen molar-refractivity contribution in [2.75, 3.05) is 0 Å². The molecule has 1 aliphatic carbocycles. The summed E-state index contributed by atoms with van der Waals surface area (Å²) in [4.78, 5) is 0. The van der Waals surface area contributed by atoms with Crippen molar-refractivity contribution in [3.8, 4) is 0 Å². The van der Waals surface area contributed by atoms with Crippen LogP contribution in [0, 0.1) is 5.92 Å². The first kappa shape index (κ1) is 7.80. The highest BCUT2D eigenvalue weighted by molar-refractivity contribution is 4.93. The molecule has 1 saturated carbocycles. The fraction of sp³-hybridized carbons (Fsp3) is 0.778. The van der Waals surface area contributed by atoms with Crippen LogP contribution < -0.4 is 0 Å². The lowest BCUT2D eigenvalue weighted by atomic mass is 9.79. The van der Waals surface area contributed by atoms with Crippen LogP contribution in [0.25, 0.3) is 0 Å². The summed E-state index contributed by atoms with van der Waals surface area (Å²) < 4.78 is 0. The lowest BCUT2D eigenvalue weighted by Crippen LogP contribution is -2.26. The Balaban J connectivity index is 2.19. The number of aliphatic hydroxyl groups is 1. The van der Waals surface area contributed by atoms with E-state index in [1.54, 1.807) is 0 Å². The Bertz CT molecular complexity index is 125. The topological polar surface area (TPSA) is 20.2 Å². The molecule has 1 unspecified atom stereocenters. The number of hydrogen-bond acceptors (Lipinski definition) is 1. The van der Waals surface area contributed by atoms with Gasteiger partial charge in [-0.1, -0.05) is 12.0 Å². The highest BCUT2D eigenvalue weighted by atomic mass is 16.3. The van der Waals surface area contributed by atoms with Crippen molar-refractivity contribution in [2.45, 2.75) is 38.7 Å². The molecule has 58 valence electrons. The molecule has 0 aromatic heterocycles. The molecule has 1 atom stereocenters. The van der Waals surface area contributed by atoms with Gasteiger partial charge in [0.25, 0.3) is 0 Å². The second-order valence-electron chi connectivity index (χ2n) is 3.42. The number of rotatable bonds is 3. The van der Waals surface area contributed by atoms with E-state index in [1.165, 1.54) is 19.3 Å². The monoisotopic (exact) mass is 140 g/mol. The first-order valence-electron chi connectivity index (χ1n) is 4.02. The smallest absolute Gasteiger partial charge is 0.0605 e. The summed E-state index contributed by atoms with van der Waals surface area (Å²) in [7, 11) is 0. The number of aliphatic hydroxyl groups excluding tert-OH is 1. The summed E-state index contributed by atoms with van der Waals surface area (Å²) >= 11 is 0. The Morgan fingerprint density at radius 1 is 1.70 bits per heavy atom. The van der Waals surface area contributed by atoms with Gasteiger partial charge in [0.15, 0.2) is 0 Å². The summed E-state index contributed by atoms with van der Waals surface area (Å²) in [5.41, 5.74) is 1.10. The maximum absolute atomic E-state index is 9.48. The molecule has 1 nitrogen and oxygen atoms in total. The molecular formula is C9H16O. The highest BCUT2D eigenvalue weighted by Crippen LogP contribution is 2.31. The van der Waals surface area contributed by atoms with Crippen LogP contribution in [0.15, 0.2) is 12.2 Å². The van der Waals surface area contributed by atoms with E-state index >= 15 is 0 Å². The summed E-state index contributed by atoms with van der Waals surface area (Å²) in [5, 5.41) is 9.48. The van der Waals surface area contributed by atoms with E-state index in [0.29, 0.717) is 5.92 Å². The van der Waals surface area contributed by atoms with E-state index in [1.807, 2.05) is 6.92 Å². The summed E-state index contributed by atoms with van der Waals surface area (Å²) in [6.45, 7) is 5.75. The summed E-state index contributed by atoms with van der Waals surface area (Å²) in [6.07, 6.45) is 4.43. The van der Waals surface area contributed by atoms with Crippen LogP contribution in [-0.2, 0) is 0 Å². The molecule has 0 aliphatic heterocycles. The lowest BCUT2D eigenvalue weighted by molar-refractivity contribution is 0.0631. The van der Waals surface area contributed by atoms with Gasteiger partial charge < -0.3 is 5.11 Å². The molecule has 1 aliphatic rings. The van der Waals surface area contributed by atoms with E-state index in [9.17, 15) is 5.11 Å². The predicted molar refractivity (Wildman–Crippen MR) is 42.8 cm³/mol. The zero-order valence-electron chi connectivity index (χ0n) is 6.64. The Hall–Kier alpha value is -0.300. The highest BCUT2D eigenvalue weighted by Gasteiger charge is 2.24. The molecule has 1 heteroatoms. The van der Waals surface area contributed by atoms with Crippen LogP contribution in [0.1, 0.15) is 32.6 Å². The van der Waals surface area contributed by atoms with Crippen molar-refractivity contribution in [2.24, 2.45) is 5.92 Å². The van der Waals surface area contributed by atoms with Gasteiger partial charge in [-0.15, -0.1) is 6.58 Å². The Kier molecular flexibility index (Phi) is 2.50. The minimum atomic E-state index is -0.105. The van der Waals surface area contributed by atoms with Crippen LogP contribution in [0.4, 0.5) is 0 Å². The van der Waals surface area contributed by atoms with Gasteiger partial charge in [-0.05, 0) is 32.1 Å². The van der Waals surface area contributed by atoms with Crippen LogP contribution in [-0.4, -0.2) is 11.2 Å². The molecule has 1 fully saturated rings. The zero-order valence-corrected chi connectivity index (χ0v) is 6.64. The van der Waals surface area contributed by atoms with E-state index in [-0.39, 0.29) is 6.10 Å². The third-order valence-corrected chi connectivity index (χ3v) is 2.25. The van der Waals surface area contributed by atoms with E-state index in [2.05, 4.69) is 6.58 Å². The van der Waals surface area contributed by atoms with Gasteiger partial charge in [0, 0.05) is 0 Å². The largest absolute Gasteiger partial charge is 0.393 e. The average molecular weight is 140 g/mol. The van der Waals surface area contributed by atoms with Crippen molar-refractivity contribution in [1.82, 2.24) is 0 Å². The van der Waals surface area contributed by atoms with Gasteiger partial charge in [0.1, 0.15) is 0 Å². The number of hydrogen-bond donors (Lipinski definition) is 1. The average Bonchev–Trinajstić information content (AvgIpc) is 1.55. The van der Waals surface area contributed by atoms with Gasteiger partial charge in [-0.25, -0.2) is 0 Å². The second-order valence-corrected chi connectivity index (χ2v) is 3.42. The van der Waals surface area contributed by atoms with Crippen molar-refractivity contribution < 1.29 is 5.11 Å². The first-order chi connectivity index (χ1) is 4.70. The molecule has 0 heterocycles. The molecule has 0 aromatic carbocycles. The van der Waals surface area contributed by atoms with E-state index in [0.717, 1.165) is 12.0 Å². The minimum Gasteiger partial charge on any atom is -0.393 e. The van der Waals surface area contributed by atoms with Crippen molar-refractivity contribution >= 4 is 0 Å². The standard InChI is InChI=1S/C9H16O/c1-7(2)6-9(10)8-4-3-5-8/h8-10H,1,3-6H2,2H3. The van der Waals surface area contributed by atoms with E-state index in [4.69, 9.17) is 0 Å². The molecule has 0 aromatic rings. The summed E-state index contributed by atoms with van der Waals surface area (Å²) in [5.74, 6) is 0.580. The molecule has 0 saturated heterocycles. The SMILES string of the molecule is C=C(C)CC(O)C1CCC1. The van der Waals surface area contributed by atoms with Crippen molar-refractivity contribution in [3.05, 3.63) is 12.2 Å². The maximum atomic E-state index is 9.48. The molecule has 1 rings (SSSR count). The Morgan fingerprint density at radius 3 is 2.60 bits per heavy atom. The van der Waals surface area contributed by atoms with Crippen molar-refractivity contribution in [1.29, 1.82) is 0 Å². The second kappa shape index (κ2) is 3.20. The maximum Gasteiger partial charge on any atom is 0.0605 e. The Labute approximate surface area is 62.8 Å². The van der Waals surface area contributed by atoms with Crippen LogP contribution in [0.3, 0.4) is 0 Å². The summed E-state index contributed by atoms with van der Waals surface area (Å²) in [6, 6.07) is 0. The molecule has 0 amide bonds. The third kappa shape index (κ3) is 1.84. The molecular weight excluding hydrogens is 124 g/mol. The van der Waals surface area contributed by atoms with Gasteiger partial charge in [0.05, 0.1) is 6.10 Å². The van der Waals surface area contributed by atoms with Gasteiger partial charge in [-0.2, -0.15) is 0 Å². The van der Waals surface area contributed by atoms with Gasteiger partial charge in [0.2, 0.25) is 0 Å². The van der Waals surface area contributed by atoms with Gasteiger partial charge >= 0.3 is 0 Å². The van der Waals surface area contributed by atoms with Gasteiger partial charge in [-0.3, -0.25) is 0 Å². The normalized spacial score (nSPS) is 21.8. The third-order valence-electron chi connectivity index (χ3n) is 2.25. The van der Waals surface area contributed by atoms with Crippen molar-refractivity contribution in [3.63, 3.8) is 0 Å². The molecule has 1 N–H and O–H groups in total. The molecule has 0 spiro atoms. The first-order valence-corrected chi connectivity index (χ1v) is 4.02. The minimum absolute atomic E-state index is 0.105. The van der Waals surface area contributed by atoms with Crippen LogP contribution in [0.5, 0.6) is 0 Å². The van der Waals surface area contributed by atoms with Crippen LogP contribution >= 0.6 is 0 Å². The molecule has 0 radical (unpaired) electrons. The fourth-order valence-corrected chi connectivity index (χ4v) is 1.35. The quantitative estimate of drug-likeness (QED) is 0.595. The lowest BCUT2D eigenvalue weighted by Gasteiger charge is -2.30. The van der Waals surface area contributed by atoms with E-state index < -0.39 is 0 Å². The molecule has 10 heavy (non-hydrogen) atoms. The van der Waals surface area contributed by atoms with Crippen LogP contribution in [0.2, 0.25) is 0 Å².